The molecule has 0 radical (unpaired) electrons. The first-order valence-corrected chi connectivity index (χ1v) is 4.08. The molecule has 3 N–H and O–H groups in total. The van der Waals surface area contributed by atoms with Gasteiger partial charge in [0.2, 0.25) is 5.88 Å². The molecule has 1 rings (SSSR count). The predicted molar refractivity (Wildman–Crippen MR) is 49.4 cm³/mol. The third-order valence-corrected chi connectivity index (χ3v) is 1.81. The molecule has 0 fully saturated rings. The van der Waals surface area contributed by atoms with Crippen LogP contribution < -0.4 is 10.5 Å². The van der Waals surface area contributed by atoms with Gasteiger partial charge in [0.25, 0.3) is 0 Å². The average molecular weight is 182 g/mol. The summed E-state index contributed by atoms with van der Waals surface area (Å²) >= 11 is 0. The van der Waals surface area contributed by atoms with Gasteiger partial charge in [-0.1, -0.05) is 0 Å². The number of aliphatic hydroxyl groups excluding tert-OH is 1. The van der Waals surface area contributed by atoms with Gasteiger partial charge in [-0.2, -0.15) is 0 Å². The maximum absolute atomic E-state index is 9.56. The topological polar surface area (TPSA) is 68.4 Å². The van der Waals surface area contributed by atoms with Gasteiger partial charge in [-0.15, -0.1) is 0 Å². The highest BCUT2D eigenvalue weighted by atomic mass is 16.5. The van der Waals surface area contributed by atoms with Crippen LogP contribution in [0.1, 0.15) is 18.6 Å². The Labute approximate surface area is 77.4 Å². The Morgan fingerprint density at radius 1 is 1.54 bits per heavy atom. The van der Waals surface area contributed by atoms with Gasteiger partial charge < -0.3 is 15.6 Å². The van der Waals surface area contributed by atoms with Crippen LogP contribution in [0, 0.1) is 0 Å². The number of rotatable bonds is 3. The summed E-state index contributed by atoms with van der Waals surface area (Å²) in [6, 6.07) is 3.15. The Balaban J connectivity index is 2.79. The maximum atomic E-state index is 9.56. The number of hydrogen-bond acceptors (Lipinski definition) is 4. The molecule has 0 amide bonds. The van der Waals surface area contributed by atoms with Gasteiger partial charge in [0, 0.05) is 23.9 Å². The number of ether oxygens (including phenoxy) is 1. The summed E-state index contributed by atoms with van der Waals surface area (Å²) in [6.07, 6.45) is 0.894. The van der Waals surface area contributed by atoms with Gasteiger partial charge in [0.15, 0.2) is 0 Å². The van der Waals surface area contributed by atoms with Crippen LogP contribution in [-0.4, -0.2) is 23.2 Å². The van der Waals surface area contributed by atoms with E-state index in [1.54, 1.807) is 32.4 Å². The van der Waals surface area contributed by atoms with E-state index in [1.807, 2.05) is 0 Å². The molecule has 0 bridgehead atoms. The van der Waals surface area contributed by atoms with Crippen molar-refractivity contribution in [1.29, 1.82) is 0 Å². The minimum atomic E-state index is -0.668. The first-order valence-electron chi connectivity index (χ1n) is 4.08. The first-order chi connectivity index (χ1) is 6.15. The monoisotopic (exact) mass is 182 g/mol. The van der Waals surface area contributed by atoms with E-state index in [2.05, 4.69) is 4.98 Å². The number of methoxy groups -OCH3 is 1. The second-order valence-electron chi connectivity index (χ2n) is 2.94. The predicted octanol–water partition coefficient (Wildman–Crippen LogP) is 0.471. The lowest BCUT2D eigenvalue weighted by Crippen LogP contribution is -2.24. The molecule has 1 aromatic rings. The molecule has 0 aromatic carbocycles. The number of hydrogen-bond donors (Lipinski definition) is 2. The van der Waals surface area contributed by atoms with Crippen LogP contribution in [0.3, 0.4) is 0 Å². The van der Waals surface area contributed by atoms with Crippen molar-refractivity contribution in [3.05, 3.63) is 23.9 Å². The molecule has 0 aliphatic heterocycles. The van der Waals surface area contributed by atoms with Crippen molar-refractivity contribution in [2.24, 2.45) is 5.73 Å². The number of aliphatic hydroxyl groups is 1. The van der Waals surface area contributed by atoms with E-state index in [4.69, 9.17) is 10.5 Å². The molecule has 2 atom stereocenters. The van der Waals surface area contributed by atoms with Crippen molar-refractivity contribution >= 4 is 0 Å². The van der Waals surface area contributed by atoms with E-state index in [-0.39, 0.29) is 6.04 Å². The maximum Gasteiger partial charge on any atom is 0.212 e. The Hall–Kier alpha value is -1.13. The minimum Gasteiger partial charge on any atom is -0.481 e. The number of aromatic nitrogens is 1. The number of pyridine rings is 1. The quantitative estimate of drug-likeness (QED) is 0.713. The van der Waals surface area contributed by atoms with Gasteiger partial charge in [-0.05, 0) is 13.0 Å². The molecule has 4 heteroatoms. The van der Waals surface area contributed by atoms with Crippen LogP contribution in [0.25, 0.3) is 0 Å². The molecule has 1 heterocycles. The van der Waals surface area contributed by atoms with E-state index >= 15 is 0 Å². The molecule has 0 spiro atoms. The Kier molecular flexibility index (Phi) is 3.22. The zero-order chi connectivity index (χ0) is 9.84. The van der Waals surface area contributed by atoms with E-state index in [0.717, 1.165) is 0 Å². The normalized spacial score (nSPS) is 15.1. The fraction of sp³-hybridized carbons (Fsp3) is 0.444. The third-order valence-electron chi connectivity index (χ3n) is 1.81. The largest absolute Gasteiger partial charge is 0.481 e. The van der Waals surface area contributed by atoms with Gasteiger partial charge in [0.1, 0.15) is 0 Å². The van der Waals surface area contributed by atoms with E-state index in [1.165, 1.54) is 0 Å². The average Bonchev–Trinajstić information content (AvgIpc) is 2.17. The third kappa shape index (κ3) is 2.40. The molecule has 0 aliphatic carbocycles. The Morgan fingerprint density at radius 3 is 2.62 bits per heavy atom. The molecule has 13 heavy (non-hydrogen) atoms. The summed E-state index contributed by atoms with van der Waals surface area (Å²) in [5.41, 5.74) is 6.23. The van der Waals surface area contributed by atoms with Gasteiger partial charge in [0.05, 0.1) is 13.2 Å². The van der Waals surface area contributed by atoms with Crippen molar-refractivity contribution < 1.29 is 9.84 Å². The van der Waals surface area contributed by atoms with Crippen LogP contribution in [0.5, 0.6) is 5.88 Å². The SMILES string of the molecule is COc1ccc(C(O)[C@H](C)N)cn1. The van der Waals surface area contributed by atoms with E-state index < -0.39 is 6.10 Å². The molecule has 0 saturated carbocycles. The molecular weight excluding hydrogens is 168 g/mol. The van der Waals surface area contributed by atoms with Crippen LogP contribution >= 0.6 is 0 Å². The number of nitrogens with zero attached hydrogens (tertiary/aromatic N) is 1. The summed E-state index contributed by atoms with van der Waals surface area (Å²) in [6.45, 7) is 1.74. The standard InChI is InChI=1S/C9H14N2O2/c1-6(10)9(12)7-3-4-8(13-2)11-5-7/h3-6,9,12H,10H2,1-2H3/t6-,9?/m0/s1. The highest BCUT2D eigenvalue weighted by molar-refractivity contribution is 5.20. The minimum absolute atomic E-state index is 0.296. The fourth-order valence-electron chi connectivity index (χ4n) is 0.991. The van der Waals surface area contributed by atoms with Crippen molar-refractivity contribution in [3.8, 4) is 5.88 Å². The van der Waals surface area contributed by atoms with Crippen LogP contribution in [0.4, 0.5) is 0 Å². The van der Waals surface area contributed by atoms with Gasteiger partial charge in [-0.3, -0.25) is 0 Å². The van der Waals surface area contributed by atoms with Crippen molar-refractivity contribution in [2.75, 3.05) is 7.11 Å². The highest BCUT2D eigenvalue weighted by Crippen LogP contribution is 2.16. The molecule has 1 unspecified atom stereocenters. The lowest BCUT2D eigenvalue weighted by atomic mass is 10.1. The first kappa shape index (κ1) is 9.95. The van der Waals surface area contributed by atoms with Crippen molar-refractivity contribution in [3.63, 3.8) is 0 Å². The summed E-state index contributed by atoms with van der Waals surface area (Å²) in [5, 5.41) is 9.56. The van der Waals surface area contributed by atoms with Crippen LogP contribution in [0.15, 0.2) is 18.3 Å². The lowest BCUT2D eigenvalue weighted by Gasteiger charge is -2.14. The molecule has 1 aromatic heterocycles. The second kappa shape index (κ2) is 4.20. The van der Waals surface area contributed by atoms with Gasteiger partial charge in [-0.25, -0.2) is 4.98 Å². The smallest absolute Gasteiger partial charge is 0.212 e. The summed E-state index contributed by atoms with van der Waals surface area (Å²) < 4.78 is 4.89. The highest BCUT2D eigenvalue weighted by Gasteiger charge is 2.12. The van der Waals surface area contributed by atoms with Crippen LogP contribution in [0.2, 0.25) is 0 Å². The molecule has 72 valence electrons. The molecule has 0 aliphatic rings. The summed E-state index contributed by atoms with van der Waals surface area (Å²) in [4.78, 5) is 3.96. The van der Waals surface area contributed by atoms with Crippen molar-refractivity contribution in [2.45, 2.75) is 19.1 Å². The fourth-order valence-corrected chi connectivity index (χ4v) is 0.991. The van der Waals surface area contributed by atoms with Crippen LogP contribution in [-0.2, 0) is 0 Å². The zero-order valence-electron chi connectivity index (χ0n) is 7.77. The molecular formula is C9H14N2O2. The summed E-state index contributed by atoms with van der Waals surface area (Å²) in [7, 11) is 1.55. The second-order valence-corrected chi connectivity index (χ2v) is 2.94. The van der Waals surface area contributed by atoms with Crippen molar-refractivity contribution in [1.82, 2.24) is 4.98 Å². The van der Waals surface area contributed by atoms with E-state index in [9.17, 15) is 5.11 Å². The van der Waals surface area contributed by atoms with E-state index in [0.29, 0.717) is 11.4 Å². The zero-order valence-corrected chi connectivity index (χ0v) is 7.77. The summed E-state index contributed by atoms with van der Waals surface area (Å²) in [5.74, 6) is 0.528. The molecule has 0 saturated heterocycles. The Morgan fingerprint density at radius 2 is 2.23 bits per heavy atom. The van der Waals surface area contributed by atoms with Gasteiger partial charge >= 0.3 is 0 Å². The number of nitrogens with two attached hydrogens (primary N) is 1. The lowest BCUT2D eigenvalue weighted by molar-refractivity contribution is 0.153. The Bertz CT molecular complexity index is 259. The molecule has 4 nitrogen and oxygen atoms in total.